The molecule has 9 nitrogen and oxygen atoms in total. The first-order valence-electron chi connectivity index (χ1n) is 6.56. The smallest absolute Gasteiger partial charge is 0.400 e. The van der Waals surface area contributed by atoms with Gasteiger partial charge in [-0.25, -0.2) is 9.82 Å². The molecule has 1 aromatic carbocycles. The number of furan rings is 1. The van der Waals surface area contributed by atoms with E-state index in [1.807, 2.05) is 0 Å². The van der Waals surface area contributed by atoms with E-state index in [1.165, 1.54) is 24.3 Å². The molecule has 0 aliphatic rings. The van der Waals surface area contributed by atoms with E-state index in [0.29, 0.717) is 0 Å². The maximum atomic E-state index is 13.4. The lowest BCUT2D eigenvalue weighted by molar-refractivity contribution is -0.402. The second-order valence-electron chi connectivity index (χ2n) is 4.39. The average Bonchev–Trinajstić information content (AvgIpc) is 3.02. The number of halogens is 1. The van der Waals surface area contributed by atoms with E-state index in [-0.39, 0.29) is 11.3 Å². The highest BCUT2D eigenvalue weighted by molar-refractivity contribution is 5.96. The number of hydrogen-bond donors (Lipinski definition) is 2. The molecule has 0 radical (unpaired) electrons. The summed E-state index contributed by atoms with van der Waals surface area (Å²) < 4.78 is 18.2. The van der Waals surface area contributed by atoms with Gasteiger partial charge in [0.1, 0.15) is 10.7 Å². The van der Waals surface area contributed by atoms with Gasteiger partial charge in [0.2, 0.25) is 0 Å². The zero-order chi connectivity index (χ0) is 17.5. The monoisotopic (exact) mass is 334 g/mol. The summed E-state index contributed by atoms with van der Waals surface area (Å²) in [5.41, 5.74) is 1.90. The van der Waals surface area contributed by atoms with Crippen LogP contribution in [-0.4, -0.2) is 29.5 Å². The van der Waals surface area contributed by atoms with Crippen LogP contribution in [0.3, 0.4) is 0 Å². The third kappa shape index (κ3) is 4.47. The van der Waals surface area contributed by atoms with Crippen molar-refractivity contribution < 1.29 is 23.3 Å². The lowest BCUT2D eigenvalue weighted by Crippen LogP contribution is -2.35. The zero-order valence-corrected chi connectivity index (χ0v) is 12.1. The summed E-state index contributed by atoms with van der Waals surface area (Å²) in [6.07, 6.45) is 1.06. The molecule has 1 heterocycles. The fourth-order valence-corrected chi connectivity index (χ4v) is 1.62. The molecule has 2 rings (SSSR count). The van der Waals surface area contributed by atoms with Gasteiger partial charge in [0.25, 0.3) is 11.8 Å². The van der Waals surface area contributed by atoms with E-state index in [1.54, 1.807) is 0 Å². The molecule has 0 atom stereocenters. The molecule has 0 bridgehead atoms. The highest BCUT2D eigenvalue weighted by Crippen LogP contribution is 2.13. The highest BCUT2D eigenvalue weighted by atomic mass is 19.1. The Kier molecular flexibility index (Phi) is 5.34. The van der Waals surface area contributed by atoms with Gasteiger partial charge in [-0.15, -0.1) is 0 Å². The molecule has 2 amide bonds. The number of hydrazone groups is 1. The Bertz CT molecular complexity index is 802. The topological polar surface area (TPSA) is 127 Å². The number of hydrogen-bond acceptors (Lipinski definition) is 6. The Morgan fingerprint density at radius 1 is 1.29 bits per heavy atom. The second-order valence-corrected chi connectivity index (χ2v) is 4.39. The second kappa shape index (κ2) is 7.63. The quantitative estimate of drug-likeness (QED) is 0.466. The number of benzene rings is 1. The Morgan fingerprint density at radius 3 is 2.71 bits per heavy atom. The molecule has 0 saturated heterocycles. The molecule has 124 valence electrons. The standard InChI is InChI=1S/C14H11FN4O5/c15-11-4-2-1-3-10(11)14(21)16-8-12(20)18-17-7-9-5-6-13(24-9)19(22)23/h1-7H,8H2,(H,16,21)(H,18,20)/b17-7+. The van der Waals surface area contributed by atoms with Gasteiger partial charge >= 0.3 is 5.88 Å². The molecule has 0 saturated carbocycles. The van der Waals surface area contributed by atoms with Crippen LogP contribution in [0.25, 0.3) is 0 Å². The Balaban J connectivity index is 1.81. The number of rotatable bonds is 6. The van der Waals surface area contributed by atoms with Crippen molar-refractivity contribution in [2.75, 3.05) is 6.54 Å². The van der Waals surface area contributed by atoms with Crippen molar-refractivity contribution in [3.05, 3.63) is 63.7 Å². The Hall–Kier alpha value is -3.56. The van der Waals surface area contributed by atoms with Crippen molar-refractivity contribution >= 4 is 23.9 Å². The third-order valence-corrected chi connectivity index (χ3v) is 2.70. The van der Waals surface area contributed by atoms with Gasteiger partial charge in [0.15, 0.2) is 5.76 Å². The molecule has 0 spiro atoms. The molecule has 0 unspecified atom stereocenters. The number of amides is 2. The summed E-state index contributed by atoms with van der Waals surface area (Å²) in [4.78, 5) is 32.9. The fraction of sp³-hybridized carbons (Fsp3) is 0.0714. The number of nitrogens with one attached hydrogen (secondary N) is 2. The van der Waals surface area contributed by atoms with Crippen molar-refractivity contribution in [1.29, 1.82) is 0 Å². The summed E-state index contributed by atoms with van der Waals surface area (Å²) >= 11 is 0. The van der Waals surface area contributed by atoms with Gasteiger partial charge in [-0.3, -0.25) is 19.7 Å². The van der Waals surface area contributed by atoms with Crippen LogP contribution in [-0.2, 0) is 4.79 Å². The third-order valence-electron chi connectivity index (χ3n) is 2.70. The van der Waals surface area contributed by atoms with Crippen LogP contribution in [0.2, 0.25) is 0 Å². The molecule has 24 heavy (non-hydrogen) atoms. The minimum Gasteiger partial charge on any atom is -0.400 e. The van der Waals surface area contributed by atoms with Crippen LogP contribution >= 0.6 is 0 Å². The van der Waals surface area contributed by atoms with E-state index < -0.39 is 35.0 Å². The molecule has 10 heteroatoms. The van der Waals surface area contributed by atoms with Crippen molar-refractivity contribution in [2.45, 2.75) is 0 Å². The molecule has 2 N–H and O–H groups in total. The normalized spacial score (nSPS) is 10.5. The van der Waals surface area contributed by atoms with E-state index in [2.05, 4.69) is 15.8 Å². The van der Waals surface area contributed by atoms with Gasteiger partial charge in [0, 0.05) is 0 Å². The Morgan fingerprint density at radius 2 is 2.04 bits per heavy atom. The van der Waals surface area contributed by atoms with Crippen LogP contribution in [0.4, 0.5) is 10.3 Å². The number of nitro groups is 1. The first-order chi connectivity index (χ1) is 11.5. The van der Waals surface area contributed by atoms with Crippen LogP contribution < -0.4 is 10.7 Å². The van der Waals surface area contributed by atoms with Gasteiger partial charge in [-0.05, 0) is 18.2 Å². The van der Waals surface area contributed by atoms with Crippen molar-refractivity contribution in [1.82, 2.24) is 10.7 Å². The van der Waals surface area contributed by atoms with E-state index in [9.17, 15) is 24.1 Å². The van der Waals surface area contributed by atoms with E-state index in [0.717, 1.165) is 18.3 Å². The SMILES string of the molecule is O=C(CNC(=O)c1ccccc1F)N/N=C/c1ccc([N+](=O)[O-])o1. The molecule has 0 aliphatic carbocycles. The summed E-state index contributed by atoms with van der Waals surface area (Å²) in [6, 6.07) is 7.77. The van der Waals surface area contributed by atoms with Crippen LogP contribution in [0.15, 0.2) is 45.9 Å². The summed E-state index contributed by atoms with van der Waals surface area (Å²) in [5.74, 6) is -2.50. The minimum atomic E-state index is -0.742. The van der Waals surface area contributed by atoms with Gasteiger partial charge < -0.3 is 9.73 Å². The van der Waals surface area contributed by atoms with Crippen LogP contribution in [0.5, 0.6) is 0 Å². The van der Waals surface area contributed by atoms with Crippen molar-refractivity contribution in [3.8, 4) is 0 Å². The van der Waals surface area contributed by atoms with Gasteiger partial charge in [-0.1, -0.05) is 12.1 Å². The minimum absolute atomic E-state index is 0.0670. The average molecular weight is 334 g/mol. The van der Waals surface area contributed by atoms with E-state index >= 15 is 0 Å². The summed E-state index contributed by atoms with van der Waals surface area (Å²) in [7, 11) is 0. The zero-order valence-electron chi connectivity index (χ0n) is 12.1. The summed E-state index contributed by atoms with van der Waals surface area (Å²) in [6.45, 7) is -0.428. The maximum Gasteiger partial charge on any atom is 0.433 e. The molecule has 0 aliphatic heterocycles. The maximum absolute atomic E-state index is 13.4. The van der Waals surface area contributed by atoms with Crippen molar-refractivity contribution in [2.24, 2.45) is 5.10 Å². The van der Waals surface area contributed by atoms with Gasteiger partial charge in [0.05, 0.1) is 24.4 Å². The van der Waals surface area contributed by atoms with Crippen LogP contribution in [0.1, 0.15) is 16.1 Å². The number of carbonyl (C=O) groups excluding carboxylic acids is 2. The van der Waals surface area contributed by atoms with Crippen molar-refractivity contribution in [3.63, 3.8) is 0 Å². The predicted molar refractivity (Wildman–Crippen MR) is 79.8 cm³/mol. The predicted octanol–water partition coefficient (Wildman–Crippen LogP) is 1.21. The first-order valence-corrected chi connectivity index (χ1v) is 6.56. The lowest BCUT2D eigenvalue weighted by Gasteiger charge is -2.04. The Labute approximate surface area is 134 Å². The molecule has 1 aromatic heterocycles. The summed E-state index contributed by atoms with van der Waals surface area (Å²) in [5, 5.41) is 16.2. The molecule has 0 fully saturated rings. The number of nitrogens with zero attached hydrogens (tertiary/aromatic N) is 2. The largest absolute Gasteiger partial charge is 0.433 e. The number of carbonyl (C=O) groups is 2. The highest BCUT2D eigenvalue weighted by Gasteiger charge is 2.12. The molecular weight excluding hydrogens is 323 g/mol. The van der Waals surface area contributed by atoms with Gasteiger partial charge in [-0.2, -0.15) is 5.10 Å². The molecular formula is C14H11FN4O5. The fourth-order valence-electron chi connectivity index (χ4n) is 1.62. The first kappa shape index (κ1) is 16.8. The molecule has 2 aromatic rings. The van der Waals surface area contributed by atoms with Crippen LogP contribution in [0, 0.1) is 15.9 Å². The lowest BCUT2D eigenvalue weighted by atomic mass is 10.2. The van der Waals surface area contributed by atoms with E-state index in [4.69, 9.17) is 4.42 Å².